The fourth-order valence-corrected chi connectivity index (χ4v) is 2.46. The first-order valence-electron chi connectivity index (χ1n) is 7.63. The molecule has 1 amide bonds. The molecule has 0 aliphatic heterocycles. The van der Waals surface area contributed by atoms with Crippen LogP contribution in [0.5, 0.6) is 0 Å². The molecule has 0 aliphatic rings. The number of carbonyl (C=O) groups is 1. The molecule has 0 radical (unpaired) electrons. The molecule has 0 bridgehead atoms. The lowest BCUT2D eigenvalue weighted by Crippen LogP contribution is -2.10. The summed E-state index contributed by atoms with van der Waals surface area (Å²) in [7, 11) is 0. The summed E-state index contributed by atoms with van der Waals surface area (Å²) in [5.41, 5.74) is 8.01. The highest BCUT2D eigenvalue weighted by Crippen LogP contribution is 2.32. The minimum atomic E-state index is -0.303. The highest BCUT2D eigenvalue weighted by atomic mass is 16.4. The van der Waals surface area contributed by atoms with Crippen LogP contribution in [-0.4, -0.2) is 10.9 Å². The van der Waals surface area contributed by atoms with E-state index in [1.165, 1.54) is 0 Å². The van der Waals surface area contributed by atoms with Gasteiger partial charge in [-0.15, -0.1) is 0 Å². The Morgan fingerprint density at radius 3 is 2.17 bits per heavy atom. The van der Waals surface area contributed by atoms with Gasteiger partial charge in [0.25, 0.3) is 0 Å². The van der Waals surface area contributed by atoms with Crippen molar-refractivity contribution >= 4 is 5.91 Å². The number of carbonyl (C=O) groups excluding carboxylic acids is 1. The number of hydrogen-bond acceptors (Lipinski definition) is 3. The van der Waals surface area contributed by atoms with Gasteiger partial charge in [-0.25, -0.2) is 4.98 Å². The Morgan fingerprint density at radius 2 is 1.57 bits per heavy atom. The molecule has 3 aromatic rings. The number of aryl methyl sites for hydroxylation is 1. The molecule has 2 aromatic carbocycles. The van der Waals surface area contributed by atoms with E-state index in [4.69, 9.17) is 10.2 Å². The van der Waals surface area contributed by atoms with Crippen molar-refractivity contribution in [3.05, 3.63) is 66.6 Å². The van der Waals surface area contributed by atoms with E-state index in [-0.39, 0.29) is 5.91 Å². The van der Waals surface area contributed by atoms with E-state index >= 15 is 0 Å². The predicted octanol–water partition coefficient (Wildman–Crippen LogP) is 3.82. The molecular formula is C19H18N2O2. The number of oxazole rings is 1. The van der Waals surface area contributed by atoms with Gasteiger partial charge >= 0.3 is 0 Å². The molecule has 1 heterocycles. The minimum Gasteiger partial charge on any atom is -0.440 e. The Kier molecular flexibility index (Phi) is 4.52. The third-order valence-corrected chi connectivity index (χ3v) is 3.57. The van der Waals surface area contributed by atoms with Gasteiger partial charge in [0.15, 0.2) is 11.7 Å². The topological polar surface area (TPSA) is 69.1 Å². The summed E-state index contributed by atoms with van der Waals surface area (Å²) in [5.74, 6) is 1.08. The average Bonchev–Trinajstić information content (AvgIpc) is 3.00. The molecule has 116 valence electrons. The molecule has 0 saturated carbocycles. The Bertz CT molecular complexity index is 723. The van der Waals surface area contributed by atoms with Crippen molar-refractivity contribution in [1.82, 2.24) is 4.98 Å². The van der Waals surface area contributed by atoms with Gasteiger partial charge in [0.05, 0.1) is 0 Å². The van der Waals surface area contributed by atoms with Crippen molar-refractivity contribution in [2.75, 3.05) is 0 Å². The fraction of sp³-hybridized carbons (Fsp3) is 0.158. The van der Waals surface area contributed by atoms with Crippen molar-refractivity contribution in [3.63, 3.8) is 0 Å². The number of nitrogens with zero attached hydrogens (tertiary/aromatic N) is 1. The van der Waals surface area contributed by atoms with Crippen molar-refractivity contribution < 1.29 is 9.21 Å². The molecule has 0 aliphatic carbocycles. The quantitative estimate of drug-likeness (QED) is 0.752. The molecule has 23 heavy (non-hydrogen) atoms. The van der Waals surface area contributed by atoms with Gasteiger partial charge in [-0.1, -0.05) is 60.7 Å². The van der Waals surface area contributed by atoms with E-state index < -0.39 is 0 Å². The van der Waals surface area contributed by atoms with E-state index in [1.54, 1.807) is 0 Å². The van der Waals surface area contributed by atoms with Crippen LogP contribution in [0, 0.1) is 0 Å². The fourth-order valence-electron chi connectivity index (χ4n) is 2.46. The second kappa shape index (κ2) is 6.92. The molecule has 0 atom stereocenters. The number of benzene rings is 2. The minimum absolute atomic E-state index is 0.303. The van der Waals surface area contributed by atoms with E-state index in [1.807, 2.05) is 60.7 Å². The van der Waals surface area contributed by atoms with E-state index in [0.29, 0.717) is 25.2 Å². The number of primary amides is 1. The van der Waals surface area contributed by atoms with Crippen LogP contribution < -0.4 is 5.73 Å². The number of hydrogen-bond donors (Lipinski definition) is 1. The second-order valence-corrected chi connectivity index (χ2v) is 5.34. The van der Waals surface area contributed by atoms with E-state index in [0.717, 1.165) is 22.6 Å². The molecule has 3 rings (SSSR count). The first kappa shape index (κ1) is 15.0. The summed E-state index contributed by atoms with van der Waals surface area (Å²) in [6, 6.07) is 19.9. The lowest BCUT2D eigenvalue weighted by Gasteiger charge is -2.00. The molecule has 0 unspecified atom stereocenters. The molecule has 4 nitrogen and oxygen atoms in total. The molecule has 4 heteroatoms. The van der Waals surface area contributed by atoms with Gasteiger partial charge in [-0.05, 0) is 6.42 Å². The number of aromatic nitrogens is 1. The maximum absolute atomic E-state index is 10.9. The molecule has 0 spiro atoms. The van der Waals surface area contributed by atoms with Gasteiger partial charge < -0.3 is 10.2 Å². The van der Waals surface area contributed by atoms with Crippen LogP contribution in [0.15, 0.2) is 65.1 Å². The summed E-state index contributed by atoms with van der Waals surface area (Å²) in [5, 5.41) is 0. The number of nitrogens with two attached hydrogens (primary N) is 1. The summed E-state index contributed by atoms with van der Waals surface area (Å²) in [6.07, 6.45) is 1.57. The molecule has 2 N–H and O–H groups in total. The Labute approximate surface area is 135 Å². The lowest BCUT2D eigenvalue weighted by atomic mass is 10.1. The number of rotatable bonds is 6. The van der Waals surface area contributed by atoms with Crippen LogP contribution in [0.4, 0.5) is 0 Å². The Balaban J connectivity index is 1.96. The highest BCUT2D eigenvalue weighted by molar-refractivity contribution is 5.76. The molecule has 0 fully saturated rings. The van der Waals surface area contributed by atoms with Gasteiger partial charge in [0.1, 0.15) is 5.69 Å². The third-order valence-electron chi connectivity index (χ3n) is 3.57. The normalized spacial score (nSPS) is 10.6. The van der Waals surface area contributed by atoms with E-state index in [9.17, 15) is 4.79 Å². The second-order valence-electron chi connectivity index (χ2n) is 5.34. The zero-order valence-electron chi connectivity index (χ0n) is 12.7. The summed E-state index contributed by atoms with van der Waals surface area (Å²) < 4.78 is 5.97. The van der Waals surface area contributed by atoms with Gasteiger partial charge in [0.2, 0.25) is 5.91 Å². The maximum Gasteiger partial charge on any atom is 0.217 e. The van der Waals surface area contributed by atoms with Gasteiger partial charge in [-0.3, -0.25) is 4.79 Å². The highest BCUT2D eigenvalue weighted by Gasteiger charge is 2.16. The van der Waals surface area contributed by atoms with Crippen LogP contribution in [0.3, 0.4) is 0 Å². The van der Waals surface area contributed by atoms with Crippen LogP contribution in [0.2, 0.25) is 0 Å². The van der Waals surface area contributed by atoms with Crippen LogP contribution >= 0.6 is 0 Å². The van der Waals surface area contributed by atoms with Gasteiger partial charge in [-0.2, -0.15) is 0 Å². The lowest BCUT2D eigenvalue weighted by molar-refractivity contribution is -0.118. The molecular weight excluding hydrogens is 288 g/mol. The Hall–Kier alpha value is -2.88. The van der Waals surface area contributed by atoms with Crippen LogP contribution in [0.25, 0.3) is 22.6 Å². The van der Waals surface area contributed by atoms with Crippen molar-refractivity contribution in [1.29, 1.82) is 0 Å². The van der Waals surface area contributed by atoms with Crippen LogP contribution in [-0.2, 0) is 11.2 Å². The SMILES string of the molecule is NC(=O)CCCc1nc(-c2ccccc2)c(-c2ccccc2)o1. The average molecular weight is 306 g/mol. The van der Waals surface area contributed by atoms with Crippen LogP contribution in [0.1, 0.15) is 18.7 Å². The largest absolute Gasteiger partial charge is 0.440 e. The maximum atomic E-state index is 10.9. The third kappa shape index (κ3) is 3.66. The zero-order chi connectivity index (χ0) is 16.1. The first-order chi connectivity index (χ1) is 11.2. The van der Waals surface area contributed by atoms with Gasteiger partial charge in [0, 0.05) is 24.0 Å². The monoisotopic (exact) mass is 306 g/mol. The standard InChI is InChI=1S/C19H18N2O2/c20-16(22)12-7-13-17-21-18(14-8-3-1-4-9-14)19(23-17)15-10-5-2-6-11-15/h1-6,8-11H,7,12-13H2,(H2,20,22). The zero-order valence-corrected chi connectivity index (χ0v) is 12.7. The van der Waals surface area contributed by atoms with Crippen molar-refractivity contribution in [2.45, 2.75) is 19.3 Å². The predicted molar refractivity (Wildman–Crippen MR) is 89.5 cm³/mol. The smallest absolute Gasteiger partial charge is 0.217 e. The summed E-state index contributed by atoms with van der Waals surface area (Å²) in [4.78, 5) is 15.5. The van der Waals surface area contributed by atoms with E-state index in [2.05, 4.69) is 4.98 Å². The van der Waals surface area contributed by atoms with Crippen molar-refractivity contribution in [2.24, 2.45) is 5.73 Å². The van der Waals surface area contributed by atoms with Crippen molar-refractivity contribution in [3.8, 4) is 22.6 Å². The summed E-state index contributed by atoms with van der Waals surface area (Å²) in [6.45, 7) is 0. The first-order valence-corrected chi connectivity index (χ1v) is 7.63. The number of amides is 1. The Morgan fingerprint density at radius 1 is 0.957 bits per heavy atom. The molecule has 1 aromatic heterocycles. The molecule has 0 saturated heterocycles. The summed E-state index contributed by atoms with van der Waals surface area (Å²) >= 11 is 0.